The van der Waals surface area contributed by atoms with Gasteiger partial charge in [0.15, 0.2) is 0 Å². The summed E-state index contributed by atoms with van der Waals surface area (Å²) in [5.41, 5.74) is 4.79. The Hall–Kier alpha value is -5.82. The van der Waals surface area contributed by atoms with Gasteiger partial charge in [-0.05, 0) is 77.6 Å². The molecule has 0 unspecified atom stereocenters. The van der Waals surface area contributed by atoms with Crippen molar-refractivity contribution < 1.29 is 28.7 Å². The molecule has 46 heavy (non-hydrogen) atoms. The minimum Gasteiger partial charge on any atom is -0.427 e. The van der Waals surface area contributed by atoms with Gasteiger partial charge < -0.3 is 9.47 Å². The highest BCUT2D eigenvalue weighted by Gasteiger charge is 2.35. The number of esters is 2. The number of carbonyl (C=O) groups is 4. The van der Waals surface area contributed by atoms with Gasteiger partial charge in [0.2, 0.25) is 0 Å². The molecule has 0 fully saturated rings. The molecule has 6 rings (SSSR count). The summed E-state index contributed by atoms with van der Waals surface area (Å²) in [6, 6.07) is 38.7. The maximum absolute atomic E-state index is 13.1. The normalized spacial score (nSPS) is 12.1. The van der Waals surface area contributed by atoms with E-state index in [0.29, 0.717) is 30.8 Å². The largest absolute Gasteiger partial charge is 0.427 e. The van der Waals surface area contributed by atoms with E-state index in [1.54, 1.807) is 24.3 Å². The van der Waals surface area contributed by atoms with Gasteiger partial charge >= 0.3 is 11.9 Å². The number of imide groups is 1. The molecule has 5 aromatic rings. The van der Waals surface area contributed by atoms with Gasteiger partial charge in [-0.3, -0.25) is 19.3 Å². The minimum absolute atomic E-state index is 0.181. The van der Waals surface area contributed by atoms with Gasteiger partial charge in [0.25, 0.3) is 11.8 Å². The number of fused-ring (bicyclic) bond motifs is 1. The van der Waals surface area contributed by atoms with Crippen LogP contribution in [0.25, 0.3) is 22.3 Å². The number of rotatable bonds is 11. The van der Waals surface area contributed by atoms with E-state index in [9.17, 15) is 19.2 Å². The molecule has 0 atom stereocenters. The van der Waals surface area contributed by atoms with Crippen LogP contribution in [0.5, 0.6) is 11.5 Å². The van der Waals surface area contributed by atoms with Crippen LogP contribution < -0.4 is 9.47 Å². The highest BCUT2D eigenvalue weighted by Crippen LogP contribution is 2.27. The molecule has 0 spiro atoms. The first-order valence-corrected chi connectivity index (χ1v) is 15.2. The summed E-state index contributed by atoms with van der Waals surface area (Å²) in [7, 11) is 0. The lowest BCUT2D eigenvalue weighted by molar-refractivity contribution is -0.134. The molecule has 5 aromatic carbocycles. The lowest BCUT2D eigenvalue weighted by Gasteiger charge is -2.13. The maximum atomic E-state index is 13.1. The Balaban J connectivity index is 0.960. The molecule has 0 radical (unpaired) electrons. The van der Waals surface area contributed by atoms with E-state index in [1.165, 1.54) is 23.1 Å². The van der Waals surface area contributed by atoms with Crippen LogP contribution in [-0.4, -0.2) is 35.2 Å². The first-order chi connectivity index (χ1) is 22.5. The van der Waals surface area contributed by atoms with Crippen LogP contribution in [0.1, 0.15) is 56.8 Å². The minimum atomic E-state index is -0.618. The van der Waals surface area contributed by atoms with Crippen molar-refractivity contribution in [3.05, 3.63) is 144 Å². The van der Waals surface area contributed by atoms with Crippen LogP contribution in [0.15, 0.2) is 127 Å². The molecular formula is C39H31NO6. The molecule has 1 heterocycles. The first kappa shape index (κ1) is 30.2. The fraction of sp³-hybridized carbons (Fsp3) is 0.128. The summed E-state index contributed by atoms with van der Waals surface area (Å²) in [4.78, 5) is 52.4. The number of benzene rings is 5. The maximum Gasteiger partial charge on any atom is 0.343 e. The molecule has 0 saturated carbocycles. The van der Waals surface area contributed by atoms with E-state index in [1.807, 2.05) is 84.9 Å². The second-order valence-electron chi connectivity index (χ2n) is 11.0. The molecule has 7 nitrogen and oxygen atoms in total. The predicted octanol–water partition coefficient (Wildman–Crippen LogP) is 8.00. The molecule has 0 bridgehead atoms. The Morgan fingerprint density at radius 1 is 0.522 bits per heavy atom. The van der Waals surface area contributed by atoms with Gasteiger partial charge in [-0.1, -0.05) is 91.3 Å². The summed E-state index contributed by atoms with van der Waals surface area (Å²) in [6.07, 6.45) is 1.96. The second-order valence-corrected chi connectivity index (χ2v) is 11.0. The van der Waals surface area contributed by atoms with Crippen molar-refractivity contribution in [2.75, 3.05) is 6.54 Å². The molecule has 7 heteroatoms. The average molecular weight is 610 g/mol. The number of ether oxygens (including phenoxy) is 2. The third-order valence-electron chi connectivity index (χ3n) is 7.83. The Bertz CT molecular complexity index is 1870. The van der Waals surface area contributed by atoms with Gasteiger partial charge in [0, 0.05) is 13.0 Å². The summed E-state index contributed by atoms with van der Waals surface area (Å²) in [5.74, 6) is -0.929. The lowest BCUT2D eigenvalue weighted by Crippen LogP contribution is -2.30. The topological polar surface area (TPSA) is 90.0 Å². The molecular weight excluding hydrogens is 578 g/mol. The summed E-state index contributed by atoms with van der Waals surface area (Å²) >= 11 is 0. The summed E-state index contributed by atoms with van der Waals surface area (Å²) in [6.45, 7) is 0.218. The molecule has 0 aromatic heterocycles. The number of unbranched alkanes of at least 4 members (excludes halogenated alkanes) is 2. The van der Waals surface area contributed by atoms with E-state index < -0.39 is 17.8 Å². The van der Waals surface area contributed by atoms with Crippen molar-refractivity contribution in [3.63, 3.8) is 0 Å². The van der Waals surface area contributed by atoms with Crippen LogP contribution in [0, 0.1) is 0 Å². The van der Waals surface area contributed by atoms with Crippen molar-refractivity contribution >= 4 is 23.8 Å². The van der Waals surface area contributed by atoms with Crippen molar-refractivity contribution in [2.45, 2.75) is 25.7 Å². The number of hydrogen-bond donors (Lipinski definition) is 0. The highest BCUT2D eigenvalue weighted by atomic mass is 16.5. The SMILES string of the molecule is O=C(CCCCCN1C(=O)c2ccc(C(=O)Oc3ccc(-c4ccccc4)cc3)cc2C1=O)Oc1ccc(-c2ccccc2)cc1. The van der Waals surface area contributed by atoms with E-state index in [2.05, 4.69) is 0 Å². The van der Waals surface area contributed by atoms with Crippen LogP contribution in [0.2, 0.25) is 0 Å². The highest BCUT2D eigenvalue weighted by molar-refractivity contribution is 6.22. The Labute approximate surface area is 267 Å². The summed E-state index contributed by atoms with van der Waals surface area (Å²) in [5, 5.41) is 0. The van der Waals surface area contributed by atoms with Crippen LogP contribution in [0.4, 0.5) is 0 Å². The fourth-order valence-electron chi connectivity index (χ4n) is 5.38. The molecule has 0 saturated heterocycles. The number of amides is 2. The molecule has 1 aliphatic rings. The predicted molar refractivity (Wildman–Crippen MR) is 175 cm³/mol. The lowest BCUT2D eigenvalue weighted by atomic mass is 10.1. The third kappa shape index (κ3) is 6.94. The molecule has 1 aliphatic heterocycles. The third-order valence-corrected chi connectivity index (χ3v) is 7.83. The molecule has 0 aliphatic carbocycles. The second kappa shape index (κ2) is 13.9. The van der Waals surface area contributed by atoms with Crippen LogP contribution >= 0.6 is 0 Å². The average Bonchev–Trinajstić information content (AvgIpc) is 3.33. The van der Waals surface area contributed by atoms with E-state index >= 15 is 0 Å². The molecule has 0 N–H and O–H groups in total. The number of nitrogens with zero attached hydrogens (tertiary/aromatic N) is 1. The monoisotopic (exact) mass is 609 g/mol. The van der Waals surface area contributed by atoms with Crippen molar-refractivity contribution in [3.8, 4) is 33.8 Å². The number of carbonyl (C=O) groups excluding carboxylic acids is 4. The van der Waals surface area contributed by atoms with Gasteiger partial charge in [0.1, 0.15) is 11.5 Å². The summed E-state index contributed by atoms with van der Waals surface area (Å²) < 4.78 is 11.0. The van der Waals surface area contributed by atoms with E-state index in [0.717, 1.165) is 22.3 Å². The Morgan fingerprint density at radius 2 is 1.04 bits per heavy atom. The van der Waals surface area contributed by atoms with Gasteiger partial charge in [-0.2, -0.15) is 0 Å². The standard InChI is InChI=1S/C39H31NO6/c41-36(45-32-20-15-29(16-21-32)27-10-4-1-5-11-27)14-8-3-9-25-40-37(42)34-24-19-31(26-35(34)38(40)43)39(44)46-33-22-17-30(18-23-33)28-12-6-2-7-13-28/h1-2,4-7,10-13,15-24,26H,3,8-9,14,25H2. The zero-order valence-corrected chi connectivity index (χ0v) is 25.1. The number of hydrogen-bond acceptors (Lipinski definition) is 6. The van der Waals surface area contributed by atoms with E-state index in [4.69, 9.17) is 9.47 Å². The Morgan fingerprint density at radius 3 is 1.63 bits per heavy atom. The van der Waals surface area contributed by atoms with E-state index in [-0.39, 0.29) is 35.6 Å². The fourth-order valence-corrected chi connectivity index (χ4v) is 5.38. The van der Waals surface area contributed by atoms with Gasteiger partial charge in [0.05, 0.1) is 16.7 Å². The van der Waals surface area contributed by atoms with Crippen molar-refractivity contribution in [2.24, 2.45) is 0 Å². The molecule has 228 valence electrons. The smallest absolute Gasteiger partial charge is 0.343 e. The van der Waals surface area contributed by atoms with Crippen molar-refractivity contribution in [1.82, 2.24) is 4.90 Å². The zero-order chi connectivity index (χ0) is 31.9. The van der Waals surface area contributed by atoms with Crippen LogP contribution in [0.3, 0.4) is 0 Å². The van der Waals surface area contributed by atoms with Gasteiger partial charge in [-0.25, -0.2) is 4.79 Å². The Kier molecular flexibility index (Phi) is 9.11. The first-order valence-electron chi connectivity index (χ1n) is 15.2. The van der Waals surface area contributed by atoms with Crippen LogP contribution in [-0.2, 0) is 4.79 Å². The quantitative estimate of drug-likeness (QED) is 0.0652. The zero-order valence-electron chi connectivity index (χ0n) is 25.1. The van der Waals surface area contributed by atoms with Crippen molar-refractivity contribution in [1.29, 1.82) is 0 Å². The molecule has 2 amide bonds. The van der Waals surface area contributed by atoms with Gasteiger partial charge in [-0.15, -0.1) is 0 Å².